The van der Waals surface area contributed by atoms with Crippen LogP contribution in [-0.2, 0) is 7.05 Å². The lowest BCUT2D eigenvalue weighted by atomic mass is 10.3. The topological polar surface area (TPSA) is 63.5 Å². The van der Waals surface area contributed by atoms with Crippen LogP contribution in [0.25, 0.3) is 10.2 Å². The van der Waals surface area contributed by atoms with E-state index in [1.54, 1.807) is 21.9 Å². The average Bonchev–Trinajstić information content (AvgIpc) is 3.30. The van der Waals surface area contributed by atoms with E-state index >= 15 is 0 Å². The summed E-state index contributed by atoms with van der Waals surface area (Å²) in [6, 6.07) is 5.83. The van der Waals surface area contributed by atoms with Crippen LogP contribution >= 0.6 is 11.3 Å². The van der Waals surface area contributed by atoms with Gasteiger partial charge in [0.2, 0.25) is 0 Å². The summed E-state index contributed by atoms with van der Waals surface area (Å²) in [7, 11) is 1.83. The Kier molecular flexibility index (Phi) is 6.64. The molecule has 0 aliphatic heterocycles. The first-order valence-electron chi connectivity index (χ1n) is 9.62. The molecule has 0 saturated carbocycles. The maximum atomic E-state index is 13.2. The highest BCUT2D eigenvalue weighted by atomic mass is 32.1. The summed E-state index contributed by atoms with van der Waals surface area (Å²) >= 11 is 1.50. The van der Waals surface area contributed by atoms with Crippen LogP contribution in [0.4, 0.5) is 5.13 Å². The molecule has 0 bridgehead atoms. The van der Waals surface area contributed by atoms with Gasteiger partial charge in [-0.05, 0) is 38.2 Å². The lowest BCUT2D eigenvalue weighted by Gasteiger charge is -2.24. The van der Waals surface area contributed by atoms with Crippen LogP contribution in [0, 0.1) is 0 Å². The minimum atomic E-state index is -0.135. The largest absolute Gasteiger partial charge is 0.494 e. The summed E-state index contributed by atoms with van der Waals surface area (Å²) in [5, 5.41) is 0.684. The van der Waals surface area contributed by atoms with Gasteiger partial charge in [-0.15, -0.1) is 0 Å². The Morgan fingerprint density at radius 2 is 2.00 bits per heavy atom. The molecule has 3 aromatic rings. The predicted molar refractivity (Wildman–Crippen MR) is 113 cm³/mol. The summed E-state index contributed by atoms with van der Waals surface area (Å²) in [5.74, 6) is 1.09. The number of anilines is 1. The number of aryl methyl sites for hydroxylation is 1. The van der Waals surface area contributed by atoms with Crippen molar-refractivity contribution in [2.75, 3.05) is 37.7 Å². The van der Waals surface area contributed by atoms with Gasteiger partial charge in [0.25, 0.3) is 5.91 Å². The number of carbonyl (C=O) groups excluding carboxylic acids is 1. The molecule has 7 nitrogen and oxygen atoms in total. The first-order valence-corrected chi connectivity index (χ1v) is 10.4. The number of thiazole rings is 1. The number of fused-ring (bicyclic) bond motifs is 1. The summed E-state index contributed by atoms with van der Waals surface area (Å²) in [6.45, 7) is 10.1. The van der Waals surface area contributed by atoms with Gasteiger partial charge in [0.15, 0.2) is 11.0 Å². The molecule has 8 heteroatoms. The Morgan fingerprint density at radius 3 is 2.64 bits per heavy atom. The third kappa shape index (κ3) is 4.34. The Balaban J connectivity index is 1.94. The maximum Gasteiger partial charge on any atom is 0.296 e. The van der Waals surface area contributed by atoms with Gasteiger partial charge in [0.05, 0.1) is 16.8 Å². The smallest absolute Gasteiger partial charge is 0.296 e. The number of likely N-dealkylation sites (N-methyl/N-ethyl adjacent to an activating group) is 1. The molecule has 0 radical (unpaired) electrons. The maximum absolute atomic E-state index is 13.2. The molecule has 0 unspecified atom stereocenters. The monoisotopic (exact) mass is 401 g/mol. The van der Waals surface area contributed by atoms with Crippen molar-refractivity contribution >= 4 is 32.6 Å². The lowest BCUT2D eigenvalue weighted by Crippen LogP contribution is -2.39. The van der Waals surface area contributed by atoms with Crippen LogP contribution in [0.15, 0.2) is 30.6 Å². The number of amides is 1. The molecule has 0 atom stereocenters. The minimum Gasteiger partial charge on any atom is -0.494 e. The van der Waals surface area contributed by atoms with Crippen LogP contribution in [0.3, 0.4) is 0 Å². The van der Waals surface area contributed by atoms with E-state index in [4.69, 9.17) is 9.72 Å². The fourth-order valence-electron chi connectivity index (χ4n) is 3.02. The number of aromatic nitrogens is 3. The van der Waals surface area contributed by atoms with Crippen molar-refractivity contribution in [3.8, 4) is 5.75 Å². The van der Waals surface area contributed by atoms with Gasteiger partial charge in [0, 0.05) is 32.5 Å². The van der Waals surface area contributed by atoms with E-state index in [1.807, 2.05) is 32.2 Å². The molecular formula is C20H27N5O2S. The molecule has 1 amide bonds. The molecule has 3 rings (SSSR count). The van der Waals surface area contributed by atoms with Gasteiger partial charge in [0.1, 0.15) is 5.75 Å². The van der Waals surface area contributed by atoms with Gasteiger partial charge < -0.3 is 14.2 Å². The van der Waals surface area contributed by atoms with E-state index in [1.165, 1.54) is 11.3 Å². The molecule has 2 heterocycles. The van der Waals surface area contributed by atoms with Crippen molar-refractivity contribution in [1.82, 2.24) is 19.4 Å². The number of hydrogen-bond donors (Lipinski definition) is 0. The summed E-state index contributed by atoms with van der Waals surface area (Å²) < 4.78 is 8.34. The molecule has 0 aliphatic rings. The Bertz CT molecular complexity index is 932. The molecule has 2 aromatic heterocycles. The van der Waals surface area contributed by atoms with Crippen LogP contribution in [-0.4, -0.2) is 58.1 Å². The third-order valence-corrected chi connectivity index (χ3v) is 5.72. The Morgan fingerprint density at radius 1 is 1.21 bits per heavy atom. The highest BCUT2D eigenvalue weighted by molar-refractivity contribution is 7.22. The molecule has 1 aromatic carbocycles. The zero-order valence-corrected chi connectivity index (χ0v) is 17.7. The molecule has 28 heavy (non-hydrogen) atoms. The fourth-order valence-corrected chi connectivity index (χ4v) is 4.04. The molecule has 0 N–H and O–H groups in total. The molecular weight excluding hydrogens is 374 g/mol. The predicted octanol–water partition coefficient (Wildman–Crippen LogP) is 3.42. The van der Waals surface area contributed by atoms with Crippen LogP contribution in [0.1, 0.15) is 31.4 Å². The van der Waals surface area contributed by atoms with Crippen LogP contribution < -0.4 is 9.64 Å². The van der Waals surface area contributed by atoms with Crippen molar-refractivity contribution in [3.05, 3.63) is 36.4 Å². The van der Waals surface area contributed by atoms with E-state index in [2.05, 4.69) is 23.7 Å². The zero-order chi connectivity index (χ0) is 20.1. The van der Waals surface area contributed by atoms with Crippen LogP contribution in [0.2, 0.25) is 0 Å². The molecule has 0 saturated heterocycles. The van der Waals surface area contributed by atoms with E-state index in [0.717, 1.165) is 35.6 Å². The van der Waals surface area contributed by atoms with Gasteiger partial charge in [-0.1, -0.05) is 25.2 Å². The lowest BCUT2D eigenvalue weighted by molar-refractivity contribution is 0.0971. The minimum absolute atomic E-state index is 0.135. The van der Waals surface area contributed by atoms with Crippen LogP contribution in [0.5, 0.6) is 5.75 Å². The molecule has 0 aliphatic carbocycles. The van der Waals surface area contributed by atoms with E-state index in [0.29, 0.717) is 24.1 Å². The second-order valence-electron chi connectivity index (χ2n) is 6.40. The van der Waals surface area contributed by atoms with Gasteiger partial charge in [-0.2, -0.15) is 0 Å². The number of carbonyl (C=O) groups is 1. The SMILES string of the molecule is CCOc1ccc2nc(N(CCN(CC)CC)C(=O)c3nccn3C)sc2c1. The third-order valence-electron chi connectivity index (χ3n) is 4.68. The summed E-state index contributed by atoms with van der Waals surface area (Å²) in [4.78, 5) is 26.2. The van der Waals surface area contributed by atoms with Crippen molar-refractivity contribution in [2.45, 2.75) is 20.8 Å². The van der Waals surface area contributed by atoms with E-state index in [9.17, 15) is 4.79 Å². The van der Waals surface area contributed by atoms with Gasteiger partial charge >= 0.3 is 0 Å². The number of nitrogens with zero attached hydrogens (tertiary/aromatic N) is 5. The second kappa shape index (κ2) is 9.16. The van der Waals surface area contributed by atoms with Crippen molar-refractivity contribution in [1.29, 1.82) is 0 Å². The van der Waals surface area contributed by atoms with E-state index < -0.39 is 0 Å². The number of hydrogen-bond acceptors (Lipinski definition) is 6. The molecule has 0 fully saturated rings. The van der Waals surface area contributed by atoms with Crippen molar-refractivity contribution in [2.24, 2.45) is 7.05 Å². The first kappa shape index (κ1) is 20.3. The first-order chi connectivity index (χ1) is 13.6. The normalized spacial score (nSPS) is 11.3. The van der Waals surface area contributed by atoms with Crippen molar-refractivity contribution in [3.63, 3.8) is 0 Å². The zero-order valence-electron chi connectivity index (χ0n) is 16.9. The number of ether oxygens (including phenoxy) is 1. The van der Waals surface area contributed by atoms with Gasteiger partial charge in [-0.3, -0.25) is 9.69 Å². The highest BCUT2D eigenvalue weighted by Gasteiger charge is 2.24. The summed E-state index contributed by atoms with van der Waals surface area (Å²) in [5.41, 5.74) is 0.865. The van der Waals surface area contributed by atoms with Gasteiger partial charge in [-0.25, -0.2) is 9.97 Å². The van der Waals surface area contributed by atoms with E-state index in [-0.39, 0.29) is 5.91 Å². The fraction of sp³-hybridized carbons (Fsp3) is 0.450. The average molecular weight is 402 g/mol. The van der Waals surface area contributed by atoms with Crippen molar-refractivity contribution < 1.29 is 9.53 Å². The Hall–Kier alpha value is -2.45. The standard InChI is InChI=1S/C20H27N5O2S/c1-5-24(6-2)12-13-25(19(26)18-21-10-11-23(18)4)20-22-16-9-8-15(27-7-3)14-17(16)28-20/h8-11,14H,5-7,12-13H2,1-4H3. The molecule has 150 valence electrons. The molecule has 0 spiro atoms. The number of rotatable bonds is 9. The quantitative estimate of drug-likeness (QED) is 0.550. The number of benzene rings is 1. The highest BCUT2D eigenvalue weighted by Crippen LogP contribution is 2.32. The Labute approximate surface area is 169 Å². The second-order valence-corrected chi connectivity index (χ2v) is 7.41. The summed E-state index contributed by atoms with van der Waals surface area (Å²) in [6.07, 6.45) is 3.42. The number of imidazole rings is 1.